The Morgan fingerprint density at radius 3 is 2.69 bits per heavy atom. The quantitative estimate of drug-likeness (QED) is 0.320. The van der Waals surface area contributed by atoms with Gasteiger partial charge in [0.05, 0.1) is 22.7 Å². The van der Waals surface area contributed by atoms with Crippen molar-refractivity contribution in [3.05, 3.63) is 92.5 Å². The maximum Gasteiger partial charge on any atom is 0.289 e. The number of anilines is 1. The van der Waals surface area contributed by atoms with Crippen LogP contribution in [-0.4, -0.2) is 20.2 Å². The highest BCUT2D eigenvalue weighted by atomic mass is 35.5. The number of hydrogen-bond donors (Lipinski definition) is 1. The average molecular weight is 453 g/mol. The number of nitrogens with one attached hydrogen (secondary N) is 1. The fraction of sp³-hybridized carbons (Fsp3) is 0.130. The van der Waals surface area contributed by atoms with Gasteiger partial charge in [-0.05, 0) is 61.4 Å². The van der Waals surface area contributed by atoms with E-state index in [0.717, 1.165) is 5.56 Å². The first-order valence-corrected chi connectivity index (χ1v) is 10.1. The second-order valence-electron chi connectivity index (χ2n) is 7.45. The Labute approximate surface area is 187 Å². The molecule has 0 aliphatic rings. The Bertz CT molecular complexity index is 1380. The summed E-state index contributed by atoms with van der Waals surface area (Å²) in [6.45, 7) is 3.59. The van der Waals surface area contributed by atoms with Crippen LogP contribution in [0.2, 0.25) is 5.02 Å². The summed E-state index contributed by atoms with van der Waals surface area (Å²) in [6, 6.07) is 12.5. The molecule has 7 nitrogen and oxygen atoms in total. The molecule has 9 heteroatoms. The number of carbonyl (C=O) groups is 1. The highest BCUT2D eigenvalue weighted by Crippen LogP contribution is 2.29. The molecule has 0 unspecified atom stereocenters. The molecule has 2 aromatic heterocycles. The first-order valence-electron chi connectivity index (χ1n) is 9.71. The first-order chi connectivity index (χ1) is 15.2. The molecule has 0 bridgehead atoms. The summed E-state index contributed by atoms with van der Waals surface area (Å²) >= 11 is 5.84. The molecule has 4 rings (SSSR count). The molecule has 0 spiro atoms. The summed E-state index contributed by atoms with van der Waals surface area (Å²) in [5.74, 6) is -0.706. The van der Waals surface area contributed by atoms with Crippen LogP contribution in [0.15, 0.2) is 54.7 Å². The first kappa shape index (κ1) is 21.5. The van der Waals surface area contributed by atoms with E-state index >= 15 is 0 Å². The highest BCUT2D eigenvalue weighted by Gasteiger charge is 2.19. The number of carbonyl (C=O) groups excluding carboxylic acids is 1. The Balaban J connectivity index is 1.72. The largest absolute Gasteiger partial charge is 0.325 e. The highest BCUT2D eigenvalue weighted by molar-refractivity contribution is 6.32. The number of imidazole rings is 1. The molecule has 2 aromatic carbocycles. The van der Waals surface area contributed by atoms with E-state index in [1.807, 2.05) is 29.7 Å². The zero-order valence-electron chi connectivity index (χ0n) is 17.2. The van der Waals surface area contributed by atoms with E-state index in [4.69, 9.17) is 11.6 Å². The fourth-order valence-corrected chi connectivity index (χ4v) is 3.67. The van der Waals surface area contributed by atoms with Crippen LogP contribution in [0.25, 0.3) is 16.9 Å². The van der Waals surface area contributed by atoms with Gasteiger partial charge in [0.2, 0.25) is 5.91 Å². The third kappa shape index (κ3) is 4.17. The van der Waals surface area contributed by atoms with E-state index in [1.54, 1.807) is 19.1 Å². The van der Waals surface area contributed by atoms with Crippen LogP contribution in [0.4, 0.5) is 15.8 Å². The monoisotopic (exact) mass is 452 g/mol. The van der Waals surface area contributed by atoms with Crippen LogP contribution in [0.5, 0.6) is 0 Å². The minimum atomic E-state index is -0.611. The molecule has 0 atom stereocenters. The average Bonchev–Trinajstić information content (AvgIpc) is 3.08. The van der Waals surface area contributed by atoms with Gasteiger partial charge in [-0.15, -0.1) is 0 Å². The SMILES string of the molecule is Cc1ccc2nc(-c3ccc(F)c(C)c3)c(CC(=O)Nc3ccc(Cl)c([N+](=O)[O-])c3)n2c1. The molecular formula is C23H18ClFN4O3. The number of benzene rings is 2. The summed E-state index contributed by atoms with van der Waals surface area (Å²) in [5.41, 5.74) is 3.94. The summed E-state index contributed by atoms with van der Waals surface area (Å²) in [7, 11) is 0. The molecule has 0 saturated carbocycles. The third-order valence-corrected chi connectivity index (χ3v) is 5.37. The zero-order valence-corrected chi connectivity index (χ0v) is 18.0. The summed E-state index contributed by atoms with van der Waals surface area (Å²) in [5, 5.41) is 13.8. The van der Waals surface area contributed by atoms with Gasteiger partial charge in [0.1, 0.15) is 16.5 Å². The molecular weight excluding hydrogens is 435 g/mol. The van der Waals surface area contributed by atoms with E-state index in [2.05, 4.69) is 10.3 Å². The van der Waals surface area contributed by atoms with Crippen LogP contribution < -0.4 is 5.32 Å². The van der Waals surface area contributed by atoms with Crippen molar-refractivity contribution < 1.29 is 14.1 Å². The molecule has 1 amide bonds. The number of hydrogen-bond acceptors (Lipinski definition) is 4. The molecule has 0 radical (unpaired) electrons. The number of nitrogens with zero attached hydrogens (tertiary/aromatic N) is 3. The number of nitro groups is 1. The van der Waals surface area contributed by atoms with Crippen molar-refractivity contribution in [2.75, 3.05) is 5.32 Å². The number of fused-ring (bicyclic) bond motifs is 1. The predicted octanol–water partition coefficient (Wildman–Crippen LogP) is 5.50. The van der Waals surface area contributed by atoms with E-state index < -0.39 is 4.92 Å². The van der Waals surface area contributed by atoms with Crippen LogP contribution in [0.1, 0.15) is 16.8 Å². The van der Waals surface area contributed by atoms with Crippen molar-refractivity contribution in [2.45, 2.75) is 20.3 Å². The molecule has 0 saturated heterocycles. The molecule has 4 aromatic rings. The lowest BCUT2D eigenvalue weighted by atomic mass is 10.1. The van der Waals surface area contributed by atoms with Crippen LogP contribution in [-0.2, 0) is 11.2 Å². The smallest absolute Gasteiger partial charge is 0.289 e. The maximum absolute atomic E-state index is 13.8. The van der Waals surface area contributed by atoms with E-state index in [-0.39, 0.29) is 34.5 Å². The molecule has 0 aliphatic carbocycles. The van der Waals surface area contributed by atoms with Gasteiger partial charge in [0.15, 0.2) is 0 Å². The standard InChI is InChI=1S/C23H18ClFN4O3/c1-13-3-8-21-27-23(15-4-7-18(25)14(2)9-15)20(28(21)12-13)11-22(30)26-16-5-6-17(24)19(10-16)29(31)32/h3-10,12H,11H2,1-2H3,(H,26,30). The Hall–Kier alpha value is -3.78. The molecule has 0 fully saturated rings. The van der Waals surface area contributed by atoms with Gasteiger partial charge < -0.3 is 9.72 Å². The minimum Gasteiger partial charge on any atom is -0.325 e. The lowest BCUT2D eigenvalue weighted by Crippen LogP contribution is -2.16. The Morgan fingerprint density at radius 1 is 1.19 bits per heavy atom. The maximum atomic E-state index is 13.8. The zero-order chi connectivity index (χ0) is 23.0. The second kappa shape index (κ2) is 8.39. The summed E-state index contributed by atoms with van der Waals surface area (Å²) in [6.07, 6.45) is 1.82. The molecule has 0 aliphatic heterocycles. The fourth-order valence-electron chi connectivity index (χ4n) is 3.48. The van der Waals surface area contributed by atoms with Crippen molar-refractivity contribution >= 4 is 34.5 Å². The minimum absolute atomic E-state index is 0.0146. The van der Waals surface area contributed by atoms with Crippen molar-refractivity contribution in [1.29, 1.82) is 0 Å². The molecule has 162 valence electrons. The van der Waals surface area contributed by atoms with Gasteiger partial charge in [-0.25, -0.2) is 9.37 Å². The van der Waals surface area contributed by atoms with Gasteiger partial charge in [-0.3, -0.25) is 14.9 Å². The van der Waals surface area contributed by atoms with Gasteiger partial charge in [-0.2, -0.15) is 0 Å². The van der Waals surface area contributed by atoms with Crippen molar-refractivity contribution in [1.82, 2.24) is 9.38 Å². The van der Waals surface area contributed by atoms with Crippen LogP contribution in [0, 0.1) is 29.8 Å². The topological polar surface area (TPSA) is 89.5 Å². The van der Waals surface area contributed by atoms with Crippen molar-refractivity contribution in [2.24, 2.45) is 0 Å². The predicted molar refractivity (Wildman–Crippen MR) is 121 cm³/mol. The van der Waals surface area contributed by atoms with E-state index in [1.165, 1.54) is 24.3 Å². The van der Waals surface area contributed by atoms with Gasteiger partial charge in [0.25, 0.3) is 5.69 Å². The molecule has 32 heavy (non-hydrogen) atoms. The van der Waals surface area contributed by atoms with Crippen LogP contribution >= 0.6 is 11.6 Å². The number of rotatable bonds is 5. The summed E-state index contributed by atoms with van der Waals surface area (Å²) in [4.78, 5) is 28.0. The third-order valence-electron chi connectivity index (χ3n) is 5.05. The van der Waals surface area contributed by atoms with Gasteiger partial charge in [0, 0.05) is 23.5 Å². The van der Waals surface area contributed by atoms with E-state index in [0.29, 0.717) is 28.2 Å². The Morgan fingerprint density at radius 2 is 1.97 bits per heavy atom. The number of aryl methyl sites for hydroxylation is 2. The van der Waals surface area contributed by atoms with Gasteiger partial charge >= 0.3 is 0 Å². The number of halogens is 2. The van der Waals surface area contributed by atoms with Crippen molar-refractivity contribution in [3.63, 3.8) is 0 Å². The van der Waals surface area contributed by atoms with Crippen LogP contribution in [0.3, 0.4) is 0 Å². The number of amides is 1. The summed E-state index contributed by atoms with van der Waals surface area (Å²) < 4.78 is 15.6. The normalized spacial score (nSPS) is 11.0. The number of nitro benzene ring substituents is 1. The Kier molecular flexibility index (Phi) is 5.63. The number of pyridine rings is 1. The molecule has 2 heterocycles. The van der Waals surface area contributed by atoms with E-state index in [9.17, 15) is 19.3 Å². The lowest BCUT2D eigenvalue weighted by Gasteiger charge is -2.09. The lowest BCUT2D eigenvalue weighted by molar-refractivity contribution is -0.384. The second-order valence-corrected chi connectivity index (χ2v) is 7.86. The van der Waals surface area contributed by atoms with Gasteiger partial charge in [-0.1, -0.05) is 17.7 Å². The molecule has 1 N–H and O–H groups in total. The van der Waals surface area contributed by atoms with Crippen molar-refractivity contribution in [3.8, 4) is 11.3 Å². The number of aromatic nitrogens is 2.